The molecule has 1 heterocycles. The Bertz CT molecular complexity index is 897. The number of oxazole rings is 1. The predicted molar refractivity (Wildman–Crippen MR) is 103 cm³/mol. The molecule has 0 aliphatic heterocycles. The van der Waals surface area contributed by atoms with Crippen molar-refractivity contribution >= 4 is 28.8 Å². The van der Waals surface area contributed by atoms with Crippen LogP contribution in [0.1, 0.15) is 31.9 Å². The first kappa shape index (κ1) is 16.8. The monoisotopic (exact) mass is 334 g/mol. The molecule has 1 aromatic heterocycles. The highest BCUT2D eigenvalue weighted by atomic mass is 16.4. The van der Waals surface area contributed by atoms with Crippen molar-refractivity contribution in [2.75, 3.05) is 5.32 Å². The van der Waals surface area contributed by atoms with Gasteiger partial charge < -0.3 is 10.2 Å². The molecule has 0 aliphatic rings. The van der Waals surface area contributed by atoms with Gasteiger partial charge in [-0.15, -0.1) is 0 Å². The van der Waals surface area contributed by atoms with Gasteiger partial charge in [-0.1, -0.05) is 63.7 Å². The van der Waals surface area contributed by atoms with Gasteiger partial charge in [0.1, 0.15) is 5.52 Å². The van der Waals surface area contributed by atoms with Crippen LogP contribution in [0.25, 0.3) is 16.8 Å². The zero-order valence-corrected chi connectivity index (χ0v) is 14.7. The average molecular weight is 334 g/mol. The largest absolute Gasteiger partial charge is 0.423 e. The standard InChI is InChI=1S/C20H22N4O/c1-13(14-9-11-15(12-10-14)20(2,3)4)22-18(21)24-19-23-16-7-5-6-8-17(16)25-19/h5-12H,1H2,2-4H3,(H3,21,22,23,24). The second-order valence-corrected chi connectivity index (χ2v) is 6.88. The fourth-order valence-corrected chi connectivity index (χ4v) is 2.44. The summed E-state index contributed by atoms with van der Waals surface area (Å²) >= 11 is 0. The summed E-state index contributed by atoms with van der Waals surface area (Å²) in [5.74, 6) is 0.177. The number of hydrogen-bond acceptors (Lipinski definition) is 3. The number of nitrogens with one attached hydrogen (secondary N) is 1. The molecule has 0 spiro atoms. The lowest BCUT2D eigenvalue weighted by Crippen LogP contribution is -2.22. The molecule has 0 unspecified atom stereocenters. The number of aliphatic imine (C=N–C) groups is 1. The number of fused-ring (bicyclic) bond motifs is 1. The molecule has 0 saturated heterocycles. The van der Waals surface area contributed by atoms with Crippen LogP contribution in [-0.2, 0) is 5.41 Å². The van der Waals surface area contributed by atoms with Gasteiger partial charge in [0.2, 0.25) is 5.96 Å². The van der Waals surface area contributed by atoms with Crippen LogP contribution in [0.5, 0.6) is 0 Å². The van der Waals surface area contributed by atoms with E-state index in [0.717, 1.165) is 11.1 Å². The van der Waals surface area contributed by atoms with Crippen molar-refractivity contribution in [2.45, 2.75) is 26.2 Å². The summed E-state index contributed by atoms with van der Waals surface area (Å²) in [5, 5.41) is 2.86. The van der Waals surface area contributed by atoms with Crippen LogP contribution in [0.3, 0.4) is 0 Å². The van der Waals surface area contributed by atoms with E-state index in [1.807, 2.05) is 36.4 Å². The van der Waals surface area contributed by atoms with Crippen molar-refractivity contribution in [1.82, 2.24) is 4.98 Å². The molecule has 3 N–H and O–H groups in total. The zero-order chi connectivity index (χ0) is 18.0. The van der Waals surface area contributed by atoms with Gasteiger partial charge in [0.15, 0.2) is 5.58 Å². The third-order valence-corrected chi connectivity index (χ3v) is 3.87. The van der Waals surface area contributed by atoms with Crippen molar-refractivity contribution in [1.29, 1.82) is 0 Å². The molecule has 0 amide bonds. The van der Waals surface area contributed by atoms with Crippen LogP contribution in [-0.4, -0.2) is 10.9 Å². The second-order valence-electron chi connectivity index (χ2n) is 6.88. The maximum Gasteiger partial charge on any atom is 0.302 e. The van der Waals surface area contributed by atoms with E-state index < -0.39 is 0 Å². The Balaban J connectivity index is 1.73. The summed E-state index contributed by atoms with van der Waals surface area (Å²) in [6, 6.07) is 16.0. The lowest BCUT2D eigenvalue weighted by atomic mass is 9.86. The molecule has 2 aromatic carbocycles. The molecule has 0 atom stereocenters. The average Bonchev–Trinajstić information content (AvgIpc) is 2.96. The molecule has 0 radical (unpaired) electrons. The molecule has 5 heteroatoms. The Kier molecular flexibility index (Phi) is 4.31. The van der Waals surface area contributed by atoms with Gasteiger partial charge in [-0.2, -0.15) is 4.98 Å². The smallest absolute Gasteiger partial charge is 0.302 e. The van der Waals surface area contributed by atoms with Crippen molar-refractivity contribution in [3.63, 3.8) is 0 Å². The minimum atomic E-state index is 0.108. The van der Waals surface area contributed by atoms with Crippen LogP contribution in [0.15, 0.2) is 64.5 Å². The Hall–Kier alpha value is -3.08. The fourth-order valence-electron chi connectivity index (χ4n) is 2.44. The molecule has 25 heavy (non-hydrogen) atoms. The first-order valence-corrected chi connectivity index (χ1v) is 8.09. The maximum absolute atomic E-state index is 5.94. The van der Waals surface area contributed by atoms with E-state index in [1.54, 1.807) is 0 Å². The first-order valence-electron chi connectivity index (χ1n) is 8.09. The number of nitrogens with zero attached hydrogens (tertiary/aromatic N) is 2. The molecule has 3 rings (SSSR count). The summed E-state index contributed by atoms with van der Waals surface area (Å²) in [4.78, 5) is 8.60. The van der Waals surface area contributed by atoms with E-state index in [4.69, 9.17) is 10.2 Å². The molecular weight excluding hydrogens is 312 g/mol. The minimum absolute atomic E-state index is 0.108. The molecule has 0 bridgehead atoms. The highest BCUT2D eigenvalue weighted by Crippen LogP contribution is 2.24. The zero-order valence-electron chi connectivity index (χ0n) is 14.7. The summed E-state index contributed by atoms with van der Waals surface area (Å²) in [6.45, 7) is 10.5. The van der Waals surface area contributed by atoms with Crippen LogP contribution >= 0.6 is 0 Å². The van der Waals surface area contributed by atoms with E-state index in [2.05, 4.69) is 54.8 Å². The van der Waals surface area contributed by atoms with Gasteiger partial charge in [0, 0.05) is 0 Å². The topological polar surface area (TPSA) is 76.4 Å². The summed E-state index contributed by atoms with van der Waals surface area (Å²) in [6.07, 6.45) is 0. The van der Waals surface area contributed by atoms with E-state index in [9.17, 15) is 0 Å². The number of nitrogens with two attached hydrogens (primary N) is 1. The van der Waals surface area contributed by atoms with E-state index in [1.165, 1.54) is 5.56 Å². The Morgan fingerprint density at radius 1 is 1.12 bits per heavy atom. The number of benzene rings is 2. The van der Waals surface area contributed by atoms with Gasteiger partial charge in [-0.3, -0.25) is 5.32 Å². The Morgan fingerprint density at radius 2 is 1.80 bits per heavy atom. The SMILES string of the molecule is C=C(/N=C(\N)Nc1nc2ccccc2o1)c1ccc(C(C)(C)C)cc1. The van der Waals surface area contributed by atoms with Crippen molar-refractivity contribution in [3.05, 3.63) is 66.2 Å². The highest BCUT2D eigenvalue weighted by molar-refractivity contribution is 5.95. The maximum atomic E-state index is 5.94. The van der Waals surface area contributed by atoms with E-state index in [0.29, 0.717) is 17.3 Å². The van der Waals surface area contributed by atoms with Gasteiger partial charge in [0.05, 0.1) is 5.70 Å². The highest BCUT2D eigenvalue weighted by Gasteiger charge is 2.13. The third-order valence-electron chi connectivity index (χ3n) is 3.87. The Labute approximate surface area is 147 Å². The summed E-state index contributed by atoms with van der Waals surface area (Å²) < 4.78 is 5.57. The lowest BCUT2D eigenvalue weighted by molar-refractivity contribution is 0.590. The number of para-hydroxylation sites is 2. The fraction of sp³-hybridized carbons (Fsp3) is 0.200. The quantitative estimate of drug-likeness (QED) is 0.545. The van der Waals surface area contributed by atoms with Gasteiger partial charge in [-0.05, 0) is 28.7 Å². The first-order chi connectivity index (χ1) is 11.8. The van der Waals surface area contributed by atoms with Gasteiger partial charge >= 0.3 is 6.01 Å². The van der Waals surface area contributed by atoms with Gasteiger partial charge in [0.25, 0.3) is 0 Å². The Morgan fingerprint density at radius 3 is 2.44 bits per heavy atom. The van der Waals surface area contributed by atoms with E-state index >= 15 is 0 Å². The number of rotatable bonds is 3. The van der Waals surface area contributed by atoms with Crippen molar-refractivity contribution < 1.29 is 4.42 Å². The van der Waals surface area contributed by atoms with Gasteiger partial charge in [-0.25, -0.2) is 4.99 Å². The second kappa shape index (κ2) is 6.43. The lowest BCUT2D eigenvalue weighted by Gasteiger charge is -2.19. The number of aromatic nitrogens is 1. The molecule has 5 nitrogen and oxygen atoms in total. The van der Waals surface area contributed by atoms with E-state index in [-0.39, 0.29) is 11.4 Å². The molecule has 128 valence electrons. The number of guanidine groups is 1. The summed E-state index contributed by atoms with van der Waals surface area (Å²) in [5.41, 5.74) is 10.2. The number of anilines is 1. The molecule has 3 aromatic rings. The molecule has 0 aliphatic carbocycles. The van der Waals surface area contributed by atoms with Crippen LogP contribution < -0.4 is 11.1 Å². The normalized spacial score (nSPS) is 12.4. The molecule has 0 saturated carbocycles. The summed E-state index contributed by atoms with van der Waals surface area (Å²) in [7, 11) is 0. The van der Waals surface area contributed by atoms with Crippen LogP contribution in [0.2, 0.25) is 0 Å². The molecular formula is C20H22N4O. The van der Waals surface area contributed by atoms with Crippen LogP contribution in [0.4, 0.5) is 6.01 Å². The number of hydrogen-bond donors (Lipinski definition) is 2. The van der Waals surface area contributed by atoms with Crippen molar-refractivity contribution in [3.8, 4) is 0 Å². The molecule has 0 fully saturated rings. The predicted octanol–water partition coefficient (Wildman–Crippen LogP) is 4.52. The van der Waals surface area contributed by atoms with Crippen LogP contribution in [0, 0.1) is 0 Å². The van der Waals surface area contributed by atoms with Crippen molar-refractivity contribution in [2.24, 2.45) is 10.7 Å². The third kappa shape index (κ3) is 3.88. The minimum Gasteiger partial charge on any atom is -0.423 e.